The van der Waals surface area contributed by atoms with Gasteiger partial charge in [-0.2, -0.15) is 3.89 Å². The minimum absolute atomic E-state index is 0.633. The Bertz CT molecular complexity index is 233. The highest BCUT2D eigenvalue weighted by atomic mass is 32.3. The number of nitrogens with one attached hydrogen (secondary N) is 2. The molecule has 0 rings (SSSR count). The molecule has 0 aliphatic rings. The number of rotatable bonds is 5. The highest BCUT2D eigenvalue weighted by Gasteiger charge is 2.23. The zero-order valence-corrected chi connectivity index (χ0v) is 10.5. The van der Waals surface area contributed by atoms with Gasteiger partial charge in [-0.05, 0) is 35.9 Å². The summed E-state index contributed by atoms with van der Waals surface area (Å²) in [6.07, 6.45) is 4.02. The van der Waals surface area contributed by atoms with Crippen LogP contribution in [0.2, 0.25) is 0 Å². The molecule has 14 heavy (non-hydrogen) atoms. The van der Waals surface area contributed by atoms with Gasteiger partial charge in [-0.15, -0.1) is 0 Å². The van der Waals surface area contributed by atoms with Crippen LogP contribution < -0.4 is 15.2 Å². The molecule has 0 fully saturated rings. The second kappa shape index (κ2) is 5.21. The second-order valence-electron chi connectivity index (χ2n) is 3.68. The maximum atomic E-state index is 14.4. The fraction of sp³-hybridized carbons (Fsp3) is 0.889. The molecule has 5 heteroatoms. The first kappa shape index (κ1) is 14.0. The lowest BCUT2D eigenvalue weighted by atomic mass is 10.3. The van der Waals surface area contributed by atoms with Gasteiger partial charge < -0.3 is 0 Å². The Balaban J connectivity index is 4.93. The molecule has 0 spiro atoms. The SMILES string of the molecule is CCCNC(CCC)=S(C)(N)(F)NC. The molecule has 0 saturated heterocycles. The first-order chi connectivity index (χ1) is 6.35. The highest BCUT2D eigenvalue weighted by molar-refractivity contribution is 8.40. The molecule has 0 atom stereocenters. The smallest absolute Gasteiger partial charge is 0.0506 e. The molecule has 3 nitrogen and oxygen atoms in total. The third-order valence-electron chi connectivity index (χ3n) is 2.16. The van der Waals surface area contributed by atoms with Crippen molar-refractivity contribution >= 4 is 14.5 Å². The lowest BCUT2D eigenvalue weighted by Gasteiger charge is -2.37. The molecule has 0 aromatic rings. The number of hydrogen-bond acceptors (Lipinski definition) is 2. The van der Waals surface area contributed by atoms with Crippen molar-refractivity contribution in [2.45, 2.75) is 33.1 Å². The largest absolute Gasteiger partial charge is 0.285 e. The minimum atomic E-state index is -3.53. The van der Waals surface area contributed by atoms with Crippen molar-refractivity contribution in [1.29, 1.82) is 0 Å². The van der Waals surface area contributed by atoms with Gasteiger partial charge >= 0.3 is 0 Å². The zero-order chi connectivity index (χ0) is 11.3. The third-order valence-corrected chi connectivity index (χ3v) is 4.72. The summed E-state index contributed by atoms with van der Waals surface area (Å²) < 4.78 is 17.0. The van der Waals surface area contributed by atoms with Gasteiger partial charge in [0.2, 0.25) is 0 Å². The van der Waals surface area contributed by atoms with Gasteiger partial charge in [0.1, 0.15) is 0 Å². The fourth-order valence-electron chi connectivity index (χ4n) is 1.13. The molecule has 4 N–H and O–H groups in total. The summed E-state index contributed by atoms with van der Waals surface area (Å²) >= 11 is 0. The van der Waals surface area contributed by atoms with Crippen molar-refractivity contribution < 1.29 is 3.89 Å². The standard InChI is InChI=1S/C9H24FN3S/c1-5-7-9(13-8-6-2)14(4,10,11)12-3/h12-13H,5-8,11H2,1-4H3. The van der Waals surface area contributed by atoms with E-state index in [0.717, 1.165) is 19.4 Å². The van der Waals surface area contributed by atoms with Crippen molar-refractivity contribution in [1.82, 2.24) is 10.0 Å². The van der Waals surface area contributed by atoms with Gasteiger partial charge in [0.25, 0.3) is 0 Å². The van der Waals surface area contributed by atoms with E-state index in [0.29, 0.717) is 11.4 Å². The van der Waals surface area contributed by atoms with E-state index in [1.165, 1.54) is 6.26 Å². The Morgan fingerprint density at radius 3 is 2.29 bits per heavy atom. The van der Waals surface area contributed by atoms with E-state index in [9.17, 15) is 3.89 Å². The average Bonchev–Trinajstić information content (AvgIpc) is 2.11. The molecule has 0 saturated carbocycles. The Labute approximate surface area is 87.1 Å². The second-order valence-corrected chi connectivity index (χ2v) is 7.34. The molecule has 0 radical (unpaired) electrons. The van der Waals surface area contributed by atoms with E-state index in [4.69, 9.17) is 5.14 Å². The van der Waals surface area contributed by atoms with Crippen LogP contribution in [0, 0.1) is 0 Å². The predicted molar refractivity (Wildman–Crippen MR) is 66.1 cm³/mol. The quantitative estimate of drug-likeness (QED) is 0.625. The van der Waals surface area contributed by atoms with Gasteiger partial charge in [-0.1, -0.05) is 20.3 Å². The van der Waals surface area contributed by atoms with Crippen LogP contribution in [0.25, 0.3) is 0 Å². The molecular weight excluding hydrogens is 201 g/mol. The molecule has 88 valence electrons. The van der Waals surface area contributed by atoms with Crippen LogP contribution in [0.15, 0.2) is 0 Å². The van der Waals surface area contributed by atoms with E-state index in [-0.39, 0.29) is 0 Å². The Morgan fingerprint density at radius 1 is 1.36 bits per heavy atom. The normalized spacial score (nSPS) is 14.9. The van der Waals surface area contributed by atoms with E-state index < -0.39 is 9.51 Å². The van der Waals surface area contributed by atoms with Gasteiger partial charge in [-0.25, -0.2) is 0 Å². The first-order valence-electron chi connectivity index (χ1n) is 5.08. The van der Waals surface area contributed by atoms with Crippen molar-refractivity contribution in [3.05, 3.63) is 0 Å². The molecule has 0 bridgehead atoms. The number of halogens is 1. The first-order valence-corrected chi connectivity index (χ1v) is 7.49. The molecule has 0 aromatic heterocycles. The number of nitrogens with two attached hydrogens (primary N) is 1. The van der Waals surface area contributed by atoms with Gasteiger partial charge in [-0.3, -0.25) is 15.2 Å². The van der Waals surface area contributed by atoms with Crippen molar-refractivity contribution in [2.75, 3.05) is 19.8 Å². The Kier molecular flexibility index (Phi) is 5.22. The van der Waals surface area contributed by atoms with E-state index in [1.807, 2.05) is 13.8 Å². The fourth-order valence-corrected chi connectivity index (χ4v) is 2.54. The van der Waals surface area contributed by atoms with E-state index >= 15 is 0 Å². The summed E-state index contributed by atoms with van der Waals surface area (Å²) in [7, 11) is -1.95. The Morgan fingerprint density at radius 2 is 1.93 bits per heavy atom. The van der Waals surface area contributed by atoms with E-state index in [1.54, 1.807) is 7.05 Å². The van der Waals surface area contributed by atoms with E-state index in [2.05, 4.69) is 10.0 Å². The van der Waals surface area contributed by atoms with Crippen LogP contribution in [-0.2, 0) is 0 Å². The van der Waals surface area contributed by atoms with Gasteiger partial charge in [0.05, 0.1) is 4.99 Å². The van der Waals surface area contributed by atoms with Gasteiger partial charge in [0, 0.05) is 6.26 Å². The van der Waals surface area contributed by atoms with Crippen LogP contribution in [0.4, 0.5) is 3.89 Å². The summed E-state index contributed by atoms with van der Waals surface area (Å²) in [4.78, 5) is 0.633. The molecule has 0 heterocycles. The third kappa shape index (κ3) is 4.04. The molecule has 0 amide bonds. The maximum Gasteiger partial charge on any atom is 0.0506 e. The topological polar surface area (TPSA) is 50.1 Å². The predicted octanol–water partition coefficient (Wildman–Crippen LogP) is 1.78. The van der Waals surface area contributed by atoms with Crippen molar-refractivity contribution in [2.24, 2.45) is 5.14 Å². The lowest BCUT2D eigenvalue weighted by Crippen LogP contribution is -2.39. The average molecular weight is 225 g/mol. The summed E-state index contributed by atoms with van der Waals surface area (Å²) in [6.45, 7) is 4.84. The van der Waals surface area contributed by atoms with Crippen LogP contribution in [0.3, 0.4) is 0 Å². The van der Waals surface area contributed by atoms with Crippen LogP contribution in [0.5, 0.6) is 0 Å². The van der Waals surface area contributed by atoms with Crippen LogP contribution >= 0.6 is 9.51 Å². The maximum absolute atomic E-state index is 14.4. The van der Waals surface area contributed by atoms with Gasteiger partial charge in [0.15, 0.2) is 0 Å². The zero-order valence-electron chi connectivity index (χ0n) is 9.69. The minimum Gasteiger partial charge on any atom is -0.285 e. The molecule has 0 unspecified atom stereocenters. The highest BCUT2D eigenvalue weighted by Crippen LogP contribution is 2.45. The monoisotopic (exact) mass is 225 g/mol. The molecule has 0 aliphatic heterocycles. The number of hydrogen-bond donors (Lipinski definition) is 3. The summed E-state index contributed by atoms with van der Waals surface area (Å²) in [5.74, 6) is 0. The van der Waals surface area contributed by atoms with Crippen molar-refractivity contribution in [3.8, 4) is 0 Å². The van der Waals surface area contributed by atoms with Crippen molar-refractivity contribution in [3.63, 3.8) is 0 Å². The Hall–Kier alpha value is 0.0300. The summed E-state index contributed by atoms with van der Waals surface area (Å²) in [5.41, 5.74) is 0. The molecule has 0 aromatic carbocycles. The van der Waals surface area contributed by atoms with Crippen LogP contribution in [0.1, 0.15) is 33.1 Å². The lowest BCUT2D eigenvalue weighted by molar-refractivity contribution is 0.808. The molecule has 0 aliphatic carbocycles. The summed E-state index contributed by atoms with van der Waals surface area (Å²) in [6, 6.07) is 0. The summed E-state index contributed by atoms with van der Waals surface area (Å²) in [5, 5.41) is 8.87. The molecular formula is C9H24FN3S. The van der Waals surface area contributed by atoms with Crippen LogP contribution in [-0.4, -0.2) is 24.8 Å².